The lowest BCUT2D eigenvalue weighted by Crippen LogP contribution is -2.23. The maximum absolute atomic E-state index is 12.4. The van der Waals surface area contributed by atoms with Gasteiger partial charge in [-0.2, -0.15) is 0 Å². The molecule has 3 aromatic rings. The molecule has 0 fully saturated rings. The summed E-state index contributed by atoms with van der Waals surface area (Å²) in [7, 11) is 1.56. The molecule has 0 saturated heterocycles. The Bertz CT molecular complexity index is 942. The third kappa shape index (κ3) is 4.92. The number of carbonyl (C=O) groups excluding carboxylic acids is 2. The second kappa shape index (κ2) is 8.62. The zero-order chi connectivity index (χ0) is 19.1. The van der Waals surface area contributed by atoms with E-state index < -0.39 is 0 Å². The quantitative estimate of drug-likeness (QED) is 0.706. The Labute approximate surface area is 157 Å². The van der Waals surface area contributed by atoms with Crippen molar-refractivity contribution in [1.82, 2.24) is 10.3 Å². The van der Waals surface area contributed by atoms with Crippen molar-refractivity contribution in [3.05, 3.63) is 89.7 Å². The van der Waals surface area contributed by atoms with Gasteiger partial charge in [-0.25, -0.2) is 0 Å². The second-order valence-electron chi connectivity index (χ2n) is 5.81. The van der Waals surface area contributed by atoms with Crippen LogP contribution in [-0.2, 0) is 6.54 Å². The molecule has 1 heterocycles. The summed E-state index contributed by atoms with van der Waals surface area (Å²) >= 11 is 0. The maximum atomic E-state index is 12.4. The molecule has 0 unspecified atom stereocenters. The number of amides is 2. The summed E-state index contributed by atoms with van der Waals surface area (Å²) in [6.45, 7) is 0.344. The average Bonchev–Trinajstić information content (AvgIpc) is 2.73. The minimum atomic E-state index is -0.231. The molecule has 0 aliphatic carbocycles. The lowest BCUT2D eigenvalue weighted by molar-refractivity contribution is 0.0949. The molecular weight excluding hydrogens is 342 g/mol. The fourth-order valence-electron chi connectivity index (χ4n) is 2.51. The first-order chi connectivity index (χ1) is 13.2. The number of nitrogens with zero attached hydrogens (tertiary/aromatic N) is 1. The van der Waals surface area contributed by atoms with Gasteiger partial charge in [0.05, 0.1) is 12.7 Å². The molecule has 6 heteroatoms. The zero-order valence-corrected chi connectivity index (χ0v) is 14.8. The van der Waals surface area contributed by atoms with Gasteiger partial charge in [0.15, 0.2) is 0 Å². The highest BCUT2D eigenvalue weighted by Crippen LogP contribution is 2.16. The topological polar surface area (TPSA) is 80.3 Å². The number of ether oxygens (including phenoxy) is 1. The van der Waals surface area contributed by atoms with Gasteiger partial charge >= 0.3 is 0 Å². The van der Waals surface area contributed by atoms with Crippen LogP contribution in [0.5, 0.6) is 5.75 Å². The predicted octanol–water partition coefficient (Wildman–Crippen LogP) is 3.27. The Morgan fingerprint density at radius 2 is 1.78 bits per heavy atom. The van der Waals surface area contributed by atoms with Crippen molar-refractivity contribution in [1.29, 1.82) is 0 Å². The number of carbonyl (C=O) groups is 2. The zero-order valence-electron chi connectivity index (χ0n) is 14.8. The van der Waals surface area contributed by atoms with Gasteiger partial charge in [0.2, 0.25) is 0 Å². The van der Waals surface area contributed by atoms with Gasteiger partial charge in [-0.05, 0) is 48.0 Å². The number of nitrogens with one attached hydrogen (secondary N) is 2. The van der Waals surface area contributed by atoms with Crippen LogP contribution in [0.15, 0.2) is 73.1 Å². The first kappa shape index (κ1) is 18.1. The predicted molar refractivity (Wildman–Crippen MR) is 103 cm³/mol. The van der Waals surface area contributed by atoms with Gasteiger partial charge in [-0.15, -0.1) is 0 Å². The molecule has 6 nitrogen and oxygen atoms in total. The number of hydrogen-bond donors (Lipinski definition) is 2. The van der Waals surface area contributed by atoms with E-state index in [2.05, 4.69) is 15.6 Å². The summed E-state index contributed by atoms with van der Waals surface area (Å²) in [6, 6.07) is 17.7. The number of methoxy groups -OCH3 is 1. The summed E-state index contributed by atoms with van der Waals surface area (Å²) in [5, 5.41) is 5.69. The van der Waals surface area contributed by atoms with Crippen LogP contribution in [0, 0.1) is 0 Å². The summed E-state index contributed by atoms with van der Waals surface area (Å²) < 4.78 is 5.14. The second-order valence-corrected chi connectivity index (χ2v) is 5.81. The Morgan fingerprint density at radius 1 is 0.963 bits per heavy atom. The van der Waals surface area contributed by atoms with Crippen LogP contribution in [0.1, 0.15) is 26.3 Å². The molecule has 0 radical (unpaired) electrons. The van der Waals surface area contributed by atoms with Crippen LogP contribution in [0.25, 0.3) is 0 Å². The monoisotopic (exact) mass is 361 g/mol. The Kier molecular flexibility index (Phi) is 5.79. The van der Waals surface area contributed by atoms with Crippen molar-refractivity contribution in [2.24, 2.45) is 0 Å². The summed E-state index contributed by atoms with van der Waals surface area (Å²) in [4.78, 5) is 28.4. The van der Waals surface area contributed by atoms with Crippen LogP contribution in [0.2, 0.25) is 0 Å². The highest BCUT2D eigenvalue weighted by Gasteiger charge is 2.08. The van der Waals surface area contributed by atoms with E-state index in [-0.39, 0.29) is 11.8 Å². The van der Waals surface area contributed by atoms with Crippen molar-refractivity contribution in [3.63, 3.8) is 0 Å². The summed E-state index contributed by atoms with van der Waals surface area (Å²) in [5.41, 5.74) is 2.52. The fraction of sp³-hybridized carbons (Fsp3) is 0.0952. The minimum absolute atomic E-state index is 0.200. The van der Waals surface area contributed by atoms with Gasteiger partial charge in [0.25, 0.3) is 11.8 Å². The number of pyridine rings is 1. The van der Waals surface area contributed by atoms with Crippen molar-refractivity contribution >= 4 is 17.5 Å². The van der Waals surface area contributed by atoms with E-state index in [9.17, 15) is 9.59 Å². The first-order valence-electron chi connectivity index (χ1n) is 8.38. The van der Waals surface area contributed by atoms with Crippen molar-refractivity contribution in [2.45, 2.75) is 6.54 Å². The molecule has 1 aromatic heterocycles. The van der Waals surface area contributed by atoms with E-state index in [1.807, 2.05) is 18.2 Å². The van der Waals surface area contributed by atoms with E-state index in [0.717, 1.165) is 5.56 Å². The SMILES string of the molecule is COc1cccc(C(=O)Nc2cccc(CNC(=O)c3cccnc3)c2)c1. The van der Waals surface area contributed by atoms with E-state index in [4.69, 9.17) is 4.74 Å². The molecule has 0 aliphatic heterocycles. The molecule has 0 atom stereocenters. The first-order valence-corrected chi connectivity index (χ1v) is 8.38. The molecule has 2 amide bonds. The highest BCUT2D eigenvalue weighted by atomic mass is 16.5. The number of anilines is 1. The summed E-state index contributed by atoms with van der Waals surface area (Å²) in [5.74, 6) is 0.189. The molecule has 0 bridgehead atoms. The minimum Gasteiger partial charge on any atom is -0.497 e. The third-order valence-electron chi connectivity index (χ3n) is 3.89. The Morgan fingerprint density at radius 3 is 2.56 bits per heavy atom. The normalized spacial score (nSPS) is 10.1. The largest absolute Gasteiger partial charge is 0.497 e. The van der Waals surface area contributed by atoms with Crippen molar-refractivity contribution in [3.8, 4) is 5.75 Å². The van der Waals surface area contributed by atoms with Crippen molar-refractivity contribution in [2.75, 3.05) is 12.4 Å². The average molecular weight is 361 g/mol. The van der Waals surface area contributed by atoms with Gasteiger partial charge < -0.3 is 15.4 Å². The van der Waals surface area contributed by atoms with Crippen LogP contribution in [0.3, 0.4) is 0 Å². The molecule has 0 saturated carbocycles. The lowest BCUT2D eigenvalue weighted by atomic mass is 10.1. The van der Waals surface area contributed by atoms with Gasteiger partial charge in [-0.3, -0.25) is 14.6 Å². The molecule has 0 aliphatic rings. The molecule has 136 valence electrons. The van der Waals surface area contributed by atoms with Crippen LogP contribution in [-0.4, -0.2) is 23.9 Å². The van der Waals surface area contributed by atoms with Crippen LogP contribution >= 0.6 is 0 Å². The van der Waals surface area contributed by atoms with Crippen molar-refractivity contribution < 1.29 is 14.3 Å². The molecule has 2 aromatic carbocycles. The highest BCUT2D eigenvalue weighted by molar-refractivity contribution is 6.04. The van der Waals surface area contributed by atoms with Crippen LogP contribution < -0.4 is 15.4 Å². The van der Waals surface area contributed by atoms with E-state index >= 15 is 0 Å². The van der Waals surface area contributed by atoms with Gasteiger partial charge in [0, 0.05) is 30.2 Å². The number of rotatable bonds is 6. The Hall–Kier alpha value is -3.67. The standard InChI is InChI=1S/C21H19N3O3/c1-27-19-9-3-6-16(12-19)21(26)24-18-8-2-5-15(11-18)13-23-20(25)17-7-4-10-22-14-17/h2-12,14H,13H2,1H3,(H,23,25)(H,24,26). The molecule has 0 spiro atoms. The van der Waals surface area contributed by atoms with Crippen LogP contribution in [0.4, 0.5) is 5.69 Å². The van der Waals surface area contributed by atoms with Gasteiger partial charge in [-0.1, -0.05) is 18.2 Å². The third-order valence-corrected chi connectivity index (χ3v) is 3.89. The number of hydrogen-bond acceptors (Lipinski definition) is 4. The van der Waals surface area contributed by atoms with E-state index in [1.165, 1.54) is 6.20 Å². The molecule has 3 rings (SSSR count). The van der Waals surface area contributed by atoms with E-state index in [1.54, 1.807) is 55.8 Å². The Balaban J connectivity index is 1.63. The number of benzene rings is 2. The van der Waals surface area contributed by atoms with E-state index in [0.29, 0.717) is 29.1 Å². The smallest absolute Gasteiger partial charge is 0.255 e. The summed E-state index contributed by atoms with van der Waals surface area (Å²) in [6.07, 6.45) is 3.13. The number of aromatic nitrogens is 1. The fourth-order valence-corrected chi connectivity index (χ4v) is 2.51. The molecule has 27 heavy (non-hydrogen) atoms. The molecular formula is C21H19N3O3. The lowest BCUT2D eigenvalue weighted by Gasteiger charge is -2.09. The van der Waals surface area contributed by atoms with Gasteiger partial charge in [0.1, 0.15) is 5.75 Å². The molecule has 2 N–H and O–H groups in total. The maximum Gasteiger partial charge on any atom is 0.255 e.